The zero-order valence-corrected chi connectivity index (χ0v) is 20.3. The topological polar surface area (TPSA) is 116 Å². The van der Waals surface area contributed by atoms with Crippen LogP contribution in [-0.2, 0) is 33.4 Å². The number of aliphatic carboxylic acids is 1. The first-order valence-electron chi connectivity index (χ1n) is 10.7. The number of carboxylic acid groups (broad SMARTS) is 1. The van der Waals surface area contributed by atoms with Crippen LogP contribution in [0, 0.1) is 23.7 Å². The molecular weight excluding hydrogens is 448 g/mol. The highest BCUT2D eigenvalue weighted by Crippen LogP contribution is 2.71. The molecule has 1 aromatic carbocycles. The van der Waals surface area contributed by atoms with E-state index in [0.717, 1.165) is 5.56 Å². The molecule has 3 atom stereocenters. The second-order valence-electron chi connectivity index (χ2n) is 9.19. The summed E-state index contributed by atoms with van der Waals surface area (Å²) in [7, 11) is -1.84. The van der Waals surface area contributed by atoms with Gasteiger partial charge in [0.1, 0.15) is 16.1 Å². The number of aryl methyl sites for hydroxylation is 1. The molecule has 2 bridgehead atoms. The van der Waals surface area contributed by atoms with Crippen molar-refractivity contribution in [1.29, 1.82) is 0 Å². The fourth-order valence-electron chi connectivity index (χ4n) is 6.32. The van der Waals surface area contributed by atoms with E-state index >= 15 is 0 Å². The fourth-order valence-corrected chi connectivity index (χ4v) is 7.40. The molecule has 9 heteroatoms. The van der Waals surface area contributed by atoms with Crippen LogP contribution < -0.4 is 0 Å². The van der Waals surface area contributed by atoms with E-state index in [2.05, 4.69) is 0 Å². The van der Waals surface area contributed by atoms with Crippen molar-refractivity contribution in [3.63, 3.8) is 0 Å². The summed E-state index contributed by atoms with van der Waals surface area (Å²) < 4.78 is 43.6. The Kier molecular flexibility index (Phi) is 5.20. The van der Waals surface area contributed by atoms with E-state index in [9.17, 15) is 23.1 Å². The van der Waals surface area contributed by atoms with Gasteiger partial charge in [0.2, 0.25) is 11.6 Å². The third kappa shape index (κ3) is 2.61. The monoisotopic (exact) mass is 476 g/mol. The van der Waals surface area contributed by atoms with Gasteiger partial charge in [0.25, 0.3) is 0 Å². The molecule has 4 aliphatic rings. The summed E-state index contributed by atoms with van der Waals surface area (Å²) in [5.74, 6) is -4.20. The van der Waals surface area contributed by atoms with Crippen molar-refractivity contribution in [2.24, 2.45) is 16.7 Å². The summed E-state index contributed by atoms with van der Waals surface area (Å²) >= 11 is 0. The molecule has 33 heavy (non-hydrogen) atoms. The van der Waals surface area contributed by atoms with Crippen molar-refractivity contribution in [3.8, 4) is 0 Å². The Balaban J connectivity index is 2.05. The minimum atomic E-state index is -4.35. The van der Waals surface area contributed by atoms with Crippen molar-refractivity contribution < 1.29 is 36.8 Å². The van der Waals surface area contributed by atoms with Gasteiger partial charge in [0.05, 0.1) is 11.0 Å². The molecule has 1 aromatic rings. The molecule has 0 amide bonds. The van der Waals surface area contributed by atoms with E-state index in [0.29, 0.717) is 24.0 Å². The second kappa shape index (κ2) is 7.25. The Bertz CT molecular complexity index is 1220. The molecule has 4 aliphatic carbocycles. The lowest BCUT2D eigenvalue weighted by Gasteiger charge is -2.59. The van der Waals surface area contributed by atoms with Gasteiger partial charge in [-0.25, -0.2) is 4.79 Å². The zero-order chi connectivity index (χ0) is 24.6. The predicted molar refractivity (Wildman–Crippen MR) is 118 cm³/mol. The number of hydrogen-bond acceptors (Lipinski definition) is 7. The SMILES string of the molecule is COC1(OC)C(=O)C23C(C)=C(OS(=O)(=O)c4ccc(C)cc4)C1(C)C(C(=O)O)=C2CCC3C. The van der Waals surface area contributed by atoms with Crippen molar-refractivity contribution in [3.05, 3.63) is 52.3 Å². The Morgan fingerprint density at radius 2 is 1.70 bits per heavy atom. The third-order valence-electron chi connectivity index (χ3n) is 7.84. The van der Waals surface area contributed by atoms with Gasteiger partial charge < -0.3 is 18.8 Å². The first-order valence-corrected chi connectivity index (χ1v) is 12.1. The summed E-state index contributed by atoms with van der Waals surface area (Å²) in [5, 5.41) is 10.3. The largest absolute Gasteiger partial charge is 0.478 e. The number of methoxy groups -OCH3 is 2. The third-order valence-corrected chi connectivity index (χ3v) is 9.07. The number of ether oxygens (including phenoxy) is 2. The highest BCUT2D eigenvalue weighted by molar-refractivity contribution is 7.86. The normalized spacial score (nSPS) is 30.6. The molecule has 8 nitrogen and oxygen atoms in total. The van der Waals surface area contributed by atoms with E-state index in [1.54, 1.807) is 19.1 Å². The second-order valence-corrected chi connectivity index (χ2v) is 10.7. The van der Waals surface area contributed by atoms with Gasteiger partial charge in [-0.1, -0.05) is 24.6 Å². The number of carbonyl (C=O) groups is 2. The van der Waals surface area contributed by atoms with E-state index in [4.69, 9.17) is 13.7 Å². The maximum absolute atomic E-state index is 14.1. The minimum Gasteiger partial charge on any atom is -0.478 e. The van der Waals surface area contributed by atoms with Crippen LogP contribution in [0.5, 0.6) is 0 Å². The number of ketones is 1. The minimum absolute atomic E-state index is 0.0803. The Morgan fingerprint density at radius 1 is 1.12 bits per heavy atom. The van der Waals surface area contributed by atoms with E-state index in [-0.39, 0.29) is 22.1 Å². The van der Waals surface area contributed by atoms with Crippen LogP contribution in [0.4, 0.5) is 0 Å². The van der Waals surface area contributed by atoms with Crippen molar-refractivity contribution >= 4 is 21.9 Å². The highest BCUT2D eigenvalue weighted by atomic mass is 32.2. The van der Waals surface area contributed by atoms with Gasteiger partial charge in [-0.05, 0) is 62.8 Å². The number of benzene rings is 1. The molecule has 1 fully saturated rings. The van der Waals surface area contributed by atoms with Gasteiger partial charge in [0.15, 0.2) is 0 Å². The quantitative estimate of drug-likeness (QED) is 0.491. The number of hydrogen-bond donors (Lipinski definition) is 1. The number of rotatable bonds is 6. The van der Waals surface area contributed by atoms with Gasteiger partial charge in [0, 0.05) is 14.2 Å². The average molecular weight is 477 g/mol. The molecule has 0 saturated heterocycles. The summed E-state index contributed by atoms with van der Waals surface area (Å²) in [6.07, 6.45) is 0.968. The fraction of sp³-hybridized carbons (Fsp3) is 0.500. The van der Waals surface area contributed by atoms with Gasteiger partial charge in [-0.15, -0.1) is 0 Å². The number of allylic oxidation sites excluding steroid dienone is 2. The standard InChI is InChI=1S/C24H28O8S/c1-13-7-10-16(11-8-13)33(28,29)32-19-15(3)23-14(2)9-12-17(23)18(20(25)26)22(19,4)24(30-5,31-6)21(23)27/h7-8,10-11,14H,9,12H2,1-6H3,(H,25,26). The summed E-state index contributed by atoms with van der Waals surface area (Å²) in [6.45, 7) is 6.77. The first-order chi connectivity index (χ1) is 15.4. The van der Waals surface area contributed by atoms with Crippen molar-refractivity contribution in [1.82, 2.24) is 0 Å². The smallest absolute Gasteiger partial charge is 0.338 e. The Morgan fingerprint density at radius 3 is 2.21 bits per heavy atom. The molecule has 178 valence electrons. The van der Waals surface area contributed by atoms with Crippen molar-refractivity contribution in [2.75, 3.05) is 14.2 Å². The highest BCUT2D eigenvalue weighted by Gasteiger charge is 2.78. The van der Waals surface area contributed by atoms with Crippen LogP contribution in [0.25, 0.3) is 0 Å². The molecule has 5 rings (SSSR count). The molecule has 3 unspecified atom stereocenters. The summed E-state index contributed by atoms with van der Waals surface area (Å²) in [6, 6.07) is 6.13. The van der Waals surface area contributed by atoms with Crippen LogP contribution in [-0.4, -0.2) is 45.3 Å². The summed E-state index contributed by atoms with van der Waals surface area (Å²) in [5.41, 5.74) is -1.57. The van der Waals surface area contributed by atoms with Crippen LogP contribution >= 0.6 is 0 Å². The van der Waals surface area contributed by atoms with Gasteiger partial charge in [-0.3, -0.25) is 4.79 Å². The maximum atomic E-state index is 14.1. The lowest BCUT2D eigenvalue weighted by Crippen LogP contribution is -2.70. The summed E-state index contributed by atoms with van der Waals surface area (Å²) in [4.78, 5) is 26.6. The van der Waals surface area contributed by atoms with Gasteiger partial charge >= 0.3 is 16.1 Å². The van der Waals surface area contributed by atoms with Crippen LogP contribution in [0.15, 0.2) is 51.6 Å². The number of carbonyl (C=O) groups excluding carboxylic acids is 1. The van der Waals surface area contributed by atoms with E-state index in [1.165, 1.54) is 33.3 Å². The molecular formula is C24H28O8S. The number of fused-ring (bicyclic) bond motifs is 1. The lowest BCUT2D eigenvalue weighted by atomic mass is 9.47. The predicted octanol–water partition coefficient (Wildman–Crippen LogP) is 3.36. The van der Waals surface area contributed by atoms with E-state index in [1.807, 2.05) is 13.8 Å². The zero-order valence-electron chi connectivity index (χ0n) is 19.5. The Hall–Kier alpha value is -2.49. The molecule has 0 aliphatic heterocycles. The molecule has 1 saturated carbocycles. The van der Waals surface area contributed by atoms with Crippen LogP contribution in [0.2, 0.25) is 0 Å². The molecule has 1 N–H and O–H groups in total. The lowest BCUT2D eigenvalue weighted by molar-refractivity contribution is -0.259. The number of Topliss-reactive ketones (excluding diaryl/α,β-unsaturated/α-hetero) is 1. The molecule has 0 radical (unpaired) electrons. The first kappa shape index (κ1) is 23.7. The molecule has 0 aromatic heterocycles. The maximum Gasteiger partial charge on any atom is 0.338 e. The molecule has 1 spiro atoms. The Labute approximate surface area is 193 Å². The average Bonchev–Trinajstić information content (AvgIpc) is 3.09. The van der Waals surface area contributed by atoms with Crippen molar-refractivity contribution in [2.45, 2.75) is 51.2 Å². The number of carboxylic acids is 1. The van der Waals surface area contributed by atoms with Crippen LogP contribution in [0.3, 0.4) is 0 Å². The van der Waals surface area contributed by atoms with Crippen LogP contribution in [0.1, 0.15) is 39.2 Å². The van der Waals surface area contributed by atoms with Gasteiger partial charge in [-0.2, -0.15) is 8.42 Å². The van der Waals surface area contributed by atoms with E-state index < -0.39 is 38.5 Å². The molecule has 0 heterocycles.